The van der Waals surface area contributed by atoms with Crippen molar-refractivity contribution in [1.29, 1.82) is 0 Å². The molecule has 27 heavy (non-hydrogen) atoms. The second-order valence-corrected chi connectivity index (χ2v) is 7.24. The Morgan fingerprint density at radius 3 is 2.74 bits per heavy atom. The second-order valence-electron chi connectivity index (χ2n) is 6.30. The number of nitrogens with zero attached hydrogens (tertiary/aromatic N) is 5. The Kier molecular flexibility index (Phi) is 6.23. The zero-order valence-electron chi connectivity index (χ0n) is 15.5. The summed E-state index contributed by atoms with van der Waals surface area (Å²) in [7, 11) is 0. The largest absolute Gasteiger partial charge is 0.338 e. The van der Waals surface area contributed by atoms with E-state index in [2.05, 4.69) is 32.6 Å². The molecule has 3 rings (SSSR count). The number of hydrogen-bond acceptors (Lipinski definition) is 7. The highest BCUT2D eigenvalue weighted by atomic mass is 32.2. The van der Waals surface area contributed by atoms with Gasteiger partial charge in [-0.2, -0.15) is 0 Å². The first-order chi connectivity index (χ1) is 13.1. The fraction of sp³-hybridized carbons (Fsp3) is 0.389. The fourth-order valence-corrected chi connectivity index (χ4v) is 3.22. The molecule has 3 aromatic rings. The van der Waals surface area contributed by atoms with E-state index in [1.165, 1.54) is 11.8 Å². The average molecular weight is 386 g/mol. The molecule has 0 aliphatic rings. The third-order valence-electron chi connectivity index (χ3n) is 3.82. The molecule has 1 N–H and O–H groups in total. The van der Waals surface area contributed by atoms with Crippen molar-refractivity contribution in [2.24, 2.45) is 0 Å². The number of pyridine rings is 1. The van der Waals surface area contributed by atoms with Crippen LogP contribution in [-0.2, 0) is 11.3 Å². The summed E-state index contributed by atoms with van der Waals surface area (Å²) in [6, 6.07) is 5.54. The van der Waals surface area contributed by atoms with Crippen LogP contribution >= 0.6 is 11.8 Å². The van der Waals surface area contributed by atoms with Gasteiger partial charge in [-0.1, -0.05) is 37.7 Å². The number of rotatable bonds is 8. The smallest absolute Gasteiger partial charge is 0.237 e. The first-order valence-corrected chi connectivity index (χ1v) is 9.80. The highest BCUT2D eigenvalue weighted by Gasteiger charge is 2.16. The van der Waals surface area contributed by atoms with Crippen LogP contribution in [0, 0.1) is 0 Å². The third kappa shape index (κ3) is 4.73. The average Bonchev–Trinajstić information content (AvgIpc) is 3.28. The highest BCUT2D eigenvalue weighted by Crippen LogP contribution is 2.24. The number of thioether (sulfide) groups is 1. The zero-order valence-corrected chi connectivity index (χ0v) is 16.4. The van der Waals surface area contributed by atoms with Crippen molar-refractivity contribution in [2.45, 2.75) is 44.8 Å². The molecule has 0 atom stereocenters. The standard InChI is InChI=1S/C18H22N6O2S/c1-4-9-24-17(13-5-7-19-8-6-13)21-22-18(24)27-11-15(25)20-16-10-14(12(2)3)23-26-16/h5-8,10,12H,4,9,11H2,1-3H3,(H,20,25). The molecular weight excluding hydrogens is 364 g/mol. The zero-order chi connectivity index (χ0) is 19.2. The highest BCUT2D eigenvalue weighted by molar-refractivity contribution is 7.99. The van der Waals surface area contributed by atoms with E-state index in [0.29, 0.717) is 11.0 Å². The molecule has 3 heterocycles. The maximum absolute atomic E-state index is 12.2. The molecule has 0 unspecified atom stereocenters. The monoisotopic (exact) mass is 386 g/mol. The molecule has 0 bridgehead atoms. The lowest BCUT2D eigenvalue weighted by atomic mass is 10.1. The van der Waals surface area contributed by atoms with E-state index < -0.39 is 0 Å². The van der Waals surface area contributed by atoms with Gasteiger partial charge in [-0.15, -0.1) is 10.2 Å². The summed E-state index contributed by atoms with van der Waals surface area (Å²) in [5.41, 5.74) is 1.76. The number of carbonyl (C=O) groups excluding carboxylic acids is 1. The first kappa shape index (κ1) is 19.1. The van der Waals surface area contributed by atoms with Gasteiger partial charge in [0.25, 0.3) is 0 Å². The molecule has 3 aromatic heterocycles. The van der Waals surface area contributed by atoms with Crippen LogP contribution in [0.1, 0.15) is 38.8 Å². The number of amides is 1. The predicted octanol–water partition coefficient (Wildman–Crippen LogP) is 3.59. The third-order valence-corrected chi connectivity index (χ3v) is 4.78. The summed E-state index contributed by atoms with van der Waals surface area (Å²) in [6.07, 6.45) is 4.39. The minimum absolute atomic E-state index is 0.178. The summed E-state index contributed by atoms with van der Waals surface area (Å²) in [5.74, 6) is 1.40. The molecule has 0 aliphatic carbocycles. The Morgan fingerprint density at radius 1 is 1.30 bits per heavy atom. The molecule has 0 fully saturated rings. The normalized spacial score (nSPS) is 11.1. The number of anilines is 1. The molecule has 0 spiro atoms. The molecule has 8 nitrogen and oxygen atoms in total. The quantitative estimate of drug-likeness (QED) is 0.591. The van der Waals surface area contributed by atoms with Gasteiger partial charge in [0.2, 0.25) is 11.8 Å². The molecule has 1 amide bonds. The van der Waals surface area contributed by atoms with E-state index in [9.17, 15) is 4.79 Å². The van der Waals surface area contributed by atoms with Crippen molar-refractivity contribution < 1.29 is 9.32 Å². The molecule has 0 aliphatic heterocycles. The molecule has 0 radical (unpaired) electrons. The first-order valence-electron chi connectivity index (χ1n) is 8.81. The Morgan fingerprint density at radius 2 is 2.07 bits per heavy atom. The summed E-state index contributed by atoms with van der Waals surface area (Å²) in [6.45, 7) is 6.89. The molecule has 9 heteroatoms. The Balaban J connectivity index is 1.66. The Hall–Kier alpha value is -2.68. The van der Waals surface area contributed by atoms with Crippen molar-refractivity contribution in [3.05, 3.63) is 36.3 Å². The molecular formula is C18H22N6O2S. The summed E-state index contributed by atoms with van der Waals surface area (Å²) in [5, 5.41) is 15.9. The topological polar surface area (TPSA) is 98.7 Å². The van der Waals surface area contributed by atoms with Gasteiger partial charge in [0.05, 0.1) is 11.4 Å². The van der Waals surface area contributed by atoms with Gasteiger partial charge in [-0.25, -0.2) is 0 Å². The summed E-state index contributed by atoms with van der Waals surface area (Å²) in [4.78, 5) is 16.3. The van der Waals surface area contributed by atoms with Crippen LogP contribution in [-0.4, -0.2) is 36.6 Å². The van der Waals surface area contributed by atoms with Crippen molar-refractivity contribution in [3.63, 3.8) is 0 Å². The van der Waals surface area contributed by atoms with Gasteiger partial charge in [-0.05, 0) is 24.5 Å². The van der Waals surface area contributed by atoms with Crippen LogP contribution in [0.25, 0.3) is 11.4 Å². The minimum Gasteiger partial charge on any atom is -0.338 e. The van der Waals surface area contributed by atoms with Crippen molar-refractivity contribution in [3.8, 4) is 11.4 Å². The van der Waals surface area contributed by atoms with E-state index in [4.69, 9.17) is 4.52 Å². The Labute approximate surface area is 161 Å². The molecule has 0 saturated heterocycles. The van der Waals surface area contributed by atoms with Crippen molar-refractivity contribution in [1.82, 2.24) is 24.9 Å². The van der Waals surface area contributed by atoms with E-state index in [-0.39, 0.29) is 17.6 Å². The SMILES string of the molecule is CCCn1c(SCC(=O)Nc2cc(C(C)C)no2)nnc1-c1ccncc1. The van der Waals surface area contributed by atoms with Gasteiger partial charge in [0.15, 0.2) is 11.0 Å². The van der Waals surface area contributed by atoms with Crippen molar-refractivity contribution >= 4 is 23.6 Å². The van der Waals surface area contributed by atoms with Crippen LogP contribution in [0.3, 0.4) is 0 Å². The lowest BCUT2D eigenvalue weighted by Crippen LogP contribution is -2.14. The second kappa shape index (κ2) is 8.81. The molecule has 142 valence electrons. The van der Waals surface area contributed by atoms with E-state index in [0.717, 1.165) is 30.0 Å². The molecule has 0 aromatic carbocycles. The number of nitrogens with one attached hydrogen (secondary N) is 1. The van der Waals surface area contributed by atoms with Crippen molar-refractivity contribution in [2.75, 3.05) is 11.1 Å². The van der Waals surface area contributed by atoms with Crippen LogP contribution in [0.2, 0.25) is 0 Å². The predicted molar refractivity (Wildman–Crippen MR) is 103 cm³/mol. The van der Waals surface area contributed by atoms with E-state index in [1.54, 1.807) is 18.5 Å². The van der Waals surface area contributed by atoms with Crippen LogP contribution in [0.15, 0.2) is 40.3 Å². The van der Waals surface area contributed by atoms with Gasteiger partial charge >= 0.3 is 0 Å². The van der Waals surface area contributed by atoms with Crippen LogP contribution < -0.4 is 5.32 Å². The van der Waals surface area contributed by atoms with Crippen LogP contribution in [0.5, 0.6) is 0 Å². The number of carbonyl (C=O) groups is 1. The van der Waals surface area contributed by atoms with Gasteiger partial charge in [0, 0.05) is 30.6 Å². The van der Waals surface area contributed by atoms with Gasteiger partial charge in [0.1, 0.15) is 0 Å². The van der Waals surface area contributed by atoms with E-state index >= 15 is 0 Å². The fourth-order valence-electron chi connectivity index (χ4n) is 2.46. The number of aromatic nitrogens is 5. The number of hydrogen-bond donors (Lipinski definition) is 1. The lowest BCUT2D eigenvalue weighted by molar-refractivity contribution is -0.113. The van der Waals surface area contributed by atoms with Gasteiger partial charge in [-0.3, -0.25) is 15.1 Å². The maximum Gasteiger partial charge on any atom is 0.237 e. The van der Waals surface area contributed by atoms with Gasteiger partial charge < -0.3 is 9.09 Å². The summed E-state index contributed by atoms with van der Waals surface area (Å²) < 4.78 is 7.17. The summed E-state index contributed by atoms with van der Waals surface area (Å²) >= 11 is 1.34. The van der Waals surface area contributed by atoms with Crippen LogP contribution in [0.4, 0.5) is 5.88 Å². The Bertz CT molecular complexity index is 890. The lowest BCUT2D eigenvalue weighted by Gasteiger charge is -2.08. The minimum atomic E-state index is -0.178. The van der Waals surface area contributed by atoms with E-state index in [1.807, 2.05) is 30.5 Å². The molecule has 0 saturated carbocycles. The maximum atomic E-state index is 12.2.